The van der Waals surface area contributed by atoms with Crippen molar-refractivity contribution in [1.29, 1.82) is 0 Å². The number of hydrogen-bond acceptors (Lipinski definition) is 4. The SMILES string of the molecule is O=C=NC=CCN=C=O. The summed E-state index contributed by atoms with van der Waals surface area (Å²) >= 11 is 0. The Bertz CT molecular complexity index is 185. The van der Waals surface area contributed by atoms with E-state index >= 15 is 0 Å². The summed E-state index contributed by atoms with van der Waals surface area (Å²) in [6, 6.07) is 0. The van der Waals surface area contributed by atoms with Gasteiger partial charge >= 0.3 is 0 Å². The third-order valence-electron chi connectivity index (χ3n) is 0.494. The molecule has 0 atom stereocenters. The number of aliphatic imine (C=N–C) groups is 2. The Morgan fingerprint density at radius 3 is 2.67 bits per heavy atom. The van der Waals surface area contributed by atoms with Crippen LogP contribution in [-0.2, 0) is 9.59 Å². The van der Waals surface area contributed by atoms with Crippen LogP contribution in [0, 0.1) is 0 Å². The van der Waals surface area contributed by atoms with Crippen molar-refractivity contribution in [3.8, 4) is 0 Å². The lowest BCUT2D eigenvalue weighted by atomic mass is 10.6. The van der Waals surface area contributed by atoms with Crippen molar-refractivity contribution < 1.29 is 9.59 Å². The Morgan fingerprint density at radius 2 is 2.11 bits per heavy atom. The molecular formula is C5H4N2O2. The van der Waals surface area contributed by atoms with E-state index < -0.39 is 0 Å². The number of carbonyl (C=O) groups excluding carboxylic acids is 2. The Kier molecular flexibility index (Phi) is 5.42. The maximum atomic E-state index is 9.40. The molecule has 0 saturated carbocycles. The van der Waals surface area contributed by atoms with E-state index in [1.165, 1.54) is 24.4 Å². The molecule has 0 aliphatic heterocycles. The molecule has 0 amide bonds. The van der Waals surface area contributed by atoms with Gasteiger partial charge in [0.2, 0.25) is 12.2 Å². The van der Waals surface area contributed by atoms with Gasteiger partial charge in [-0.1, -0.05) is 0 Å². The van der Waals surface area contributed by atoms with Crippen molar-refractivity contribution in [1.82, 2.24) is 0 Å². The molecule has 0 aromatic carbocycles. The molecule has 0 bridgehead atoms. The van der Waals surface area contributed by atoms with E-state index in [1.54, 1.807) is 0 Å². The predicted molar refractivity (Wildman–Crippen MR) is 30.2 cm³/mol. The highest BCUT2D eigenvalue weighted by Crippen LogP contribution is 1.72. The molecule has 46 valence electrons. The molecule has 4 nitrogen and oxygen atoms in total. The van der Waals surface area contributed by atoms with Crippen molar-refractivity contribution in [3.63, 3.8) is 0 Å². The fourth-order valence-corrected chi connectivity index (χ4v) is 0.220. The molecule has 0 N–H and O–H groups in total. The molecule has 0 radical (unpaired) electrons. The summed E-state index contributed by atoms with van der Waals surface area (Å²) in [7, 11) is 0. The van der Waals surface area contributed by atoms with E-state index in [0.29, 0.717) is 0 Å². The smallest absolute Gasteiger partial charge is 0.211 e. The third kappa shape index (κ3) is 6.50. The average molecular weight is 124 g/mol. The van der Waals surface area contributed by atoms with Crippen molar-refractivity contribution >= 4 is 12.2 Å². The van der Waals surface area contributed by atoms with Gasteiger partial charge in [0.25, 0.3) is 0 Å². The second-order valence-corrected chi connectivity index (χ2v) is 1.04. The molecule has 0 aliphatic rings. The monoisotopic (exact) mass is 124 g/mol. The molecule has 0 aromatic heterocycles. The molecule has 4 heteroatoms. The molecule has 0 aliphatic carbocycles. The summed E-state index contributed by atoms with van der Waals surface area (Å²) in [6.45, 7) is 0.203. The lowest BCUT2D eigenvalue weighted by molar-refractivity contribution is 0.563. The Balaban J connectivity index is 3.47. The van der Waals surface area contributed by atoms with Crippen LogP contribution in [0.25, 0.3) is 0 Å². The maximum Gasteiger partial charge on any atom is 0.239 e. The Labute approximate surface area is 51.6 Å². The van der Waals surface area contributed by atoms with Crippen molar-refractivity contribution in [2.75, 3.05) is 6.54 Å². The van der Waals surface area contributed by atoms with Crippen molar-refractivity contribution in [2.45, 2.75) is 0 Å². The predicted octanol–water partition coefficient (Wildman–Crippen LogP) is 0.172. The Morgan fingerprint density at radius 1 is 1.33 bits per heavy atom. The van der Waals surface area contributed by atoms with E-state index in [4.69, 9.17) is 0 Å². The summed E-state index contributed by atoms with van der Waals surface area (Å²) in [5.74, 6) is 0. The van der Waals surface area contributed by atoms with Crippen LogP contribution in [0.2, 0.25) is 0 Å². The summed E-state index contributed by atoms with van der Waals surface area (Å²) in [5, 5.41) is 0. The second-order valence-electron chi connectivity index (χ2n) is 1.04. The van der Waals surface area contributed by atoms with Crippen LogP contribution in [0.15, 0.2) is 22.3 Å². The molecule has 0 aromatic rings. The fourth-order valence-electron chi connectivity index (χ4n) is 0.220. The van der Waals surface area contributed by atoms with Crippen molar-refractivity contribution in [2.24, 2.45) is 9.98 Å². The van der Waals surface area contributed by atoms with Gasteiger partial charge in [0.15, 0.2) is 0 Å². The first-order chi connectivity index (χ1) is 4.41. The van der Waals surface area contributed by atoms with E-state index in [-0.39, 0.29) is 6.54 Å². The first-order valence-corrected chi connectivity index (χ1v) is 2.17. The standard InChI is InChI=1S/C5H4N2O2/c8-4-6-2-1-3-7-5-9/h1-2H,3H2. The minimum Gasteiger partial charge on any atom is -0.211 e. The fraction of sp³-hybridized carbons (Fsp3) is 0.200. The summed E-state index contributed by atoms with van der Waals surface area (Å²) in [4.78, 5) is 25.0. The average Bonchev–Trinajstić information content (AvgIpc) is 1.89. The zero-order valence-electron chi connectivity index (χ0n) is 4.57. The highest BCUT2D eigenvalue weighted by molar-refractivity contribution is 5.35. The van der Waals surface area contributed by atoms with Gasteiger partial charge in [0, 0.05) is 6.20 Å². The number of isocyanates is 2. The normalized spacial score (nSPS) is 8.00. The number of hydrogen-bond donors (Lipinski definition) is 0. The van der Waals surface area contributed by atoms with Gasteiger partial charge in [-0.2, -0.15) is 4.99 Å². The third-order valence-corrected chi connectivity index (χ3v) is 0.494. The van der Waals surface area contributed by atoms with Crippen LogP contribution in [-0.4, -0.2) is 18.7 Å². The quantitative estimate of drug-likeness (QED) is 0.397. The van der Waals surface area contributed by atoms with Crippen LogP contribution in [0.3, 0.4) is 0 Å². The molecule has 0 rings (SSSR count). The van der Waals surface area contributed by atoms with Crippen LogP contribution in [0.5, 0.6) is 0 Å². The molecule has 0 unspecified atom stereocenters. The van der Waals surface area contributed by atoms with Crippen LogP contribution in [0.4, 0.5) is 0 Å². The summed E-state index contributed by atoms with van der Waals surface area (Å²) < 4.78 is 0. The summed E-state index contributed by atoms with van der Waals surface area (Å²) in [5.41, 5.74) is 0. The molecule has 9 heavy (non-hydrogen) atoms. The number of rotatable bonds is 3. The minimum atomic E-state index is 0.203. The molecule has 0 saturated heterocycles. The van der Waals surface area contributed by atoms with Gasteiger partial charge in [0.05, 0.1) is 6.54 Å². The Hall–Kier alpha value is -1.50. The van der Waals surface area contributed by atoms with E-state index in [0.717, 1.165) is 0 Å². The van der Waals surface area contributed by atoms with Crippen molar-refractivity contribution in [3.05, 3.63) is 12.3 Å². The second kappa shape index (κ2) is 6.50. The van der Waals surface area contributed by atoms with Gasteiger partial charge in [-0.3, -0.25) is 0 Å². The van der Waals surface area contributed by atoms with Gasteiger partial charge in [-0.15, -0.1) is 0 Å². The maximum absolute atomic E-state index is 9.40. The van der Waals surface area contributed by atoms with Crippen LogP contribution < -0.4 is 0 Å². The largest absolute Gasteiger partial charge is 0.239 e. The van der Waals surface area contributed by atoms with Crippen LogP contribution >= 0.6 is 0 Å². The lowest BCUT2D eigenvalue weighted by Gasteiger charge is -1.69. The van der Waals surface area contributed by atoms with Gasteiger partial charge < -0.3 is 0 Å². The highest BCUT2D eigenvalue weighted by Gasteiger charge is 1.66. The van der Waals surface area contributed by atoms with E-state index in [9.17, 15) is 9.59 Å². The molecule has 0 spiro atoms. The molecular weight excluding hydrogens is 120 g/mol. The zero-order valence-corrected chi connectivity index (χ0v) is 4.57. The first kappa shape index (κ1) is 7.50. The van der Waals surface area contributed by atoms with E-state index in [1.807, 2.05) is 0 Å². The van der Waals surface area contributed by atoms with Gasteiger partial charge in [0.1, 0.15) is 0 Å². The number of nitrogens with zero attached hydrogens (tertiary/aromatic N) is 2. The van der Waals surface area contributed by atoms with Gasteiger partial charge in [-0.05, 0) is 6.08 Å². The molecule has 0 fully saturated rings. The van der Waals surface area contributed by atoms with E-state index in [2.05, 4.69) is 9.98 Å². The van der Waals surface area contributed by atoms with Gasteiger partial charge in [-0.25, -0.2) is 14.6 Å². The zero-order chi connectivity index (χ0) is 6.95. The highest BCUT2D eigenvalue weighted by atomic mass is 16.1. The minimum absolute atomic E-state index is 0.203. The molecule has 0 heterocycles. The first-order valence-electron chi connectivity index (χ1n) is 2.17. The summed E-state index contributed by atoms with van der Waals surface area (Å²) in [6.07, 6.45) is 5.28. The topological polar surface area (TPSA) is 58.9 Å². The van der Waals surface area contributed by atoms with Crippen LogP contribution in [0.1, 0.15) is 0 Å². The lowest BCUT2D eigenvalue weighted by Crippen LogP contribution is -1.66.